The molecule has 0 bridgehead atoms. The Bertz CT molecular complexity index is 1090. The van der Waals surface area contributed by atoms with Crippen LogP contribution in [0.5, 0.6) is 0 Å². The van der Waals surface area contributed by atoms with E-state index in [1.807, 2.05) is 18.2 Å². The van der Waals surface area contributed by atoms with Crippen molar-refractivity contribution in [3.8, 4) is 0 Å². The van der Waals surface area contributed by atoms with Crippen LogP contribution in [0.1, 0.15) is 35.7 Å². The highest BCUT2D eigenvalue weighted by Gasteiger charge is 2.26. The number of aromatic amines is 1. The van der Waals surface area contributed by atoms with Crippen LogP contribution in [0.2, 0.25) is 0 Å². The molecule has 9 heteroatoms. The van der Waals surface area contributed by atoms with Crippen LogP contribution < -0.4 is 10.0 Å². The molecular formula is C19H21N5O3S. The number of sulfonamides is 1. The van der Waals surface area contributed by atoms with Gasteiger partial charge in [0.2, 0.25) is 15.9 Å². The highest BCUT2D eigenvalue weighted by Crippen LogP contribution is 2.25. The Morgan fingerprint density at radius 3 is 2.43 bits per heavy atom. The Morgan fingerprint density at radius 1 is 1.11 bits per heavy atom. The maximum atomic E-state index is 13.1. The third-order valence-corrected chi connectivity index (χ3v) is 5.53. The van der Waals surface area contributed by atoms with Crippen LogP contribution in [-0.2, 0) is 14.8 Å². The molecule has 8 nitrogen and oxygen atoms in total. The van der Waals surface area contributed by atoms with E-state index in [2.05, 4.69) is 25.2 Å². The molecule has 2 aromatic carbocycles. The Labute approximate surface area is 163 Å². The van der Waals surface area contributed by atoms with E-state index >= 15 is 0 Å². The first-order chi connectivity index (χ1) is 13.3. The maximum absolute atomic E-state index is 13.1. The number of nitrogens with zero attached hydrogens (tertiary/aromatic N) is 2. The van der Waals surface area contributed by atoms with E-state index in [9.17, 15) is 13.2 Å². The predicted octanol–water partition coefficient (Wildman–Crippen LogP) is 2.45. The van der Waals surface area contributed by atoms with Gasteiger partial charge in [0.25, 0.3) is 0 Å². The molecule has 1 unspecified atom stereocenters. The molecule has 0 aliphatic rings. The third-order valence-electron chi connectivity index (χ3n) is 4.11. The summed E-state index contributed by atoms with van der Waals surface area (Å²) in [6.07, 6.45) is 0. The summed E-state index contributed by atoms with van der Waals surface area (Å²) in [5.74, 6) is 0.629. The zero-order chi connectivity index (χ0) is 20.3. The molecular weight excluding hydrogens is 378 g/mol. The lowest BCUT2D eigenvalue weighted by Crippen LogP contribution is -2.30. The normalized spacial score (nSPS) is 12.5. The molecule has 0 saturated heterocycles. The van der Waals surface area contributed by atoms with Crippen LogP contribution in [0.4, 0.5) is 5.69 Å². The molecule has 28 heavy (non-hydrogen) atoms. The number of aryl methyl sites for hydroxylation is 2. The molecule has 1 aromatic heterocycles. The van der Waals surface area contributed by atoms with Gasteiger partial charge in [-0.3, -0.25) is 9.89 Å². The second kappa shape index (κ2) is 7.91. The average Bonchev–Trinajstić information content (AvgIpc) is 3.08. The lowest BCUT2D eigenvalue weighted by atomic mass is 10.1. The summed E-state index contributed by atoms with van der Waals surface area (Å²) >= 11 is 0. The van der Waals surface area contributed by atoms with Gasteiger partial charge in [-0.1, -0.05) is 36.4 Å². The molecule has 0 aliphatic carbocycles. The van der Waals surface area contributed by atoms with Crippen LogP contribution in [0.15, 0.2) is 53.4 Å². The van der Waals surface area contributed by atoms with Gasteiger partial charge >= 0.3 is 0 Å². The predicted molar refractivity (Wildman–Crippen MR) is 105 cm³/mol. The Balaban J connectivity index is 1.99. The van der Waals surface area contributed by atoms with E-state index in [-0.39, 0.29) is 10.8 Å². The van der Waals surface area contributed by atoms with Gasteiger partial charge in [-0.2, -0.15) is 9.82 Å². The molecule has 3 N–H and O–H groups in total. The van der Waals surface area contributed by atoms with Crippen molar-refractivity contribution < 1.29 is 13.2 Å². The van der Waals surface area contributed by atoms with Gasteiger partial charge < -0.3 is 5.32 Å². The number of rotatable bonds is 6. The minimum Gasteiger partial charge on any atom is -0.326 e. The van der Waals surface area contributed by atoms with Crippen molar-refractivity contribution in [3.05, 3.63) is 71.3 Å². The lowest BCUT2D eigenvalue weighted by Gasteiger charge is -2.17. The first-order valence-electron chi connectivity index (χ1n) is 8.60. The van der Waals surface area contributed by atoms with Crippen LogP contribution in [0.25, 0.3) is 0 Å². The largest absolute Gasteiger partial charge is 0.326 e. The van der Waals surface area contributed by atoms with Crippen molar-refractivity contribution in [1.29, 1.82) is 0 Å². The highest BCUT2D eigenvalue weighted by atomic mass is 32.2. The monoisotopic (exact) mass is 399 g/mol. The Hall–Kier alpha value is -3.04. The summed E-state index contributed by atoms with van der Waals surface area (Å²) in [5.41, 5.74) is 1.91. The number of hydrogen-bond donors (Lipinski definition) is 3. The lowest BCUT2D eigenvalue weighted by molar-refractivity contribution is -0.114. The molecule has 0 fully saturated rings. The van der Waals surface area contributed by atoms with E-state index in [0.29, 0.717) is 22.9 Å². The number of H-pyrrole nitrogens is 1. The van der Waals surface area contributed by atoms with Gasteiger partial charge in [-0.25, -0.2) is 13.4 Å². The third kappa shape index (κ3) is 4.44. The van der Waals surface area contributed by atoms with E-state index in [4.69, 9.17) is 0 Å². The van der Waals surface area contributed by atoms with Crippen molar-refractivity contribution in [2.75, 3.05) is 5.32 Å². The Morgan fingerprint density at radius 2 is 1.82 bits per heavy atom. The number of carbonyl (C=O) groups excluding carboxylic acids is 1. The second-order valence-corrected chi connectivity index (χ2v) is 8.12. The number of amides is 1. The van der Waals surface area contributed by atoms with Gasteiger partial charge in [-0.15, -0.1) is 0 Å². The summed E-state index contributed by atoms with van der Waals surface area (Å²) in [6, 6.07) is 12.9. The first kappa shape index (κ1) is 19.7. The fraction of sp³-hybridized carbons (Fsp3) is 0.211. The zero-order valence-electron chi connectivity index (χ0n) is 15.7. The minimum atomic E-state index is -3.92. The standard InChI is InChI=1S/C19H21N5O3S/c1-12-9-10-16(11-17(12)21-14(3)25)28(26,27)24-18(15-7-5-4-6-8-15)19-20-13(2)22-23-19/h4-11,18,24H,1-3H3,(H,21,25)(H,20,22,23). The summed E-state index contributed by atoms with van der Waals surface area (Å²) in [5, 5.41) is 9.51. The molecule has 3 rings (SSSR count). The number of nitrogens with one attached hydrogen (secondary N) is 3. The molecule has 3 aromatic rings. The number of benzene rings is 2. The molecule has 0 spiro atoms. The molecule has 0 radical (unpaired) electrons. The highest BCUT2D eigenvalue weighted by molar-refractivity contribution is 7.89. The van der Waals surface area contributed by atoms with Crippen molar-refractivity contribution >= 4 is 21.6 Å². The van der Waals surface area contributed by atoms with Crippen LogP contribution in [0, 0.1) is 13.8 Å². The van der Waals surface area contributed by atoms with Gasteiger partial charge in [0.15, 0.2) is 5.82 Å². The minimum absolute atomic E-state index is 0.0371. The van der Waals surface area contributed by atoms with Crippen molar-refractivity contribution in [3.63, 3.8) is 0 Å². The van der Waals surface area contributed by atoms with E-state index < -0.39 is 16.1 Å². The van der Waals surface area contributed by atoms with Crippen molar-refractivity contribution in [1.82, 2.24) is 19.9 Å². The van der Waals surface area contributed by atoms with Crippen molar-refractivity contribution in [2.24, 2.45) is 0 Å². The molecule has 146 valence electrons. The summed E-state index contributed by atoms with van der Waals surface area (Å²) in [7, 11) is -3.92. The topological polar surface area (TPSA) is 117 Å². The van der Waals surface area contributed by atoms with Crippen LogP contribution in [-0.4, -0.2) is 29.5 Å². The van der Waals surface area contributed by atoms with Gasteiger partial charge in [-0.05, 0) is 37.1 Å². The molecule has 1 heterocycles. The molecule has 1 amide bonds. The Kier molecular flexibility index (Phi) is 5.57. The number of carbonyl (C=O) groups is 1. The number of anilines is 1. The van der Waals surface area contributed by atoms with Crippen molar-refractivity contribution in [2.45, 2.75) is 31.7 Å². The SMILES string of the molecule is CC(=O)Nc1cc(S(=O)(=O)NC(c2ccccc2)c2n[nH]c(C)n2)ccc1C. The molecule has 0 aliphatic heterocycles. The molecule has 1 atom stereocenters. The second-order valence-electron chi connectivity index (χ2n) is 6.40. The van der Waals surface area contributed by atoms with Crippen LogP contribution in [0.3, 0.4) is 0 Å². The number of hydrogen-bond acceptors (Lipinski definition) is 5. The summed E-state index contributed by atoms with van der Waals surface area (Å²) in [4.78, 5) is 15.7. The first-order valence-corrected chi connectivity index (χ1v) is 10.1. The van der Waals surface area contributed by atoms with Crippen LogP contribution >= 0.6 is 0 Å². The van der Waals surface area contributed by atoms with Gasteiger partial charge in [0, 0.05) is 12.6 Å². The van der Waals surface area contributed by atoms with Gasteiger partial charge in [0.1, 0.15) is 11.9 Å². The fourth-order valence-corrected chi connectivity index (χ4v) is 3.93. The van der Waals surface area contributed by atoms with E-state index in [0.717, 1.165) is 5.56 Å². The van der Waals surface area contributed by atoms with E-state index in [1.54, 1.807) is 32.0 Å². The smallest absolute Gasteiger partial charge is 0.241 e. The quantitative estimate of drug-likeness (QED) is 0.589. The summed E-state index contributed by atoms with van der Waals surface area (Å²) in [6.45, 7) is 4.90. The van der Waals surface area contributed by atoms with E-state index in [1.165, 1.54) is 19.1 Å². The summed E-state index contributed by atoms with van der Waals surface area (Å²) < 4.78 is 28.8. The fourth-order valence-electron chi connectivity index (χ4n) is 2.72. The average molecular weight is 399 g/mol. The zero-order valence-corrected chi connectivity index (χ0v) is 16.5. The molecule has 0 saturated carbocycles. The van der Waals surface area contributed by atoms with Gasteiger partial charge in [0.05, 0.1) is 4.90 Å². The number of aromatic nitrogens is 3. The maximum Gasteiger partial charge on any atom is 0.241 e.